The van der Waals surface area contributed by atoms with Crippen LogP contribution in [0.15, 0.2) is 278 Å². The Morgan fingerprint density at radius 1 is 0.324 bits per heavy atom. The number of aromatic nitrogens is 2. The predicted molar refractivity (Wildman–Crippen MR) is 310 cm³/mol. The highest BCUT2D eigenvalue weighted by Crippen LogP contribution is 2.40. The fourth-order valence-corrected chi connectivity index (χ4v) is 10.6. The molecule has 2 heterocycles. The van der Waals surface area contributed by atoms with Crippen molar-refractivity contribution in [3.63, 3.8) is 0 Å². The number of benzene rings is 11. The quantitative estimate of drug-likeness (QED) is 0.104. The highest BCUT2D eigenvalue weighted by molar-refractivity contribution is 6.14. The third-order valence-electron chi connectivity index (χ3n) is 14.4. The molecular formula is C69H49N5. The second kappa shape index (κ2) is 19.1. The number of nitrogens with one attached hydrogen (secondary N) is 2. The minimum Gasteiger partial charge on any atom is -0.352 e. The molecule has 0 atom stereocenters. The third-order valence-corrected chi connectivity index (χ3v) is 14.4. The second-order valence-electron chi connectivity index (χ2n) is 18.8. The molecule has 13 rings (SSSR count). The van der Waals surface area contributed by atoms with Crippen LogP contribution in [0.25, 0.3) is 105 Å². The van der Waals surface area contributed by atoms with Gasteiger partial charge < -0.3 is 14.5 Å². The number of hydrogen-bond donors (Lipinski definition) is 2. The molecular weight excluding hydrogens is 899 g/mol. The first-order valence-electron chi connectivity index (χ1n) is 25.1. The summed E-state index contributed by atoms with van der Waals surface area (Å²) < 4.78 is 4.73. The molecule has 350 valence electrons. The van der Waals surface area contributed by atoms with Gasteiger partial charge in [0.2, 0.25) is 0 Å². The van der Waals surface area contributed by atoms with Crippen molar-refractivity contribution in [2.24, 2.45) is 4.99 Å². The lowest BCUT2D eigenvalue weighted by atomic mass is 9.98. The van der Waals surface area contributed by atoms with Gasteiger partial charge in [-0.25, -0.2) is 4.99 Å². The maximum atomic E-state index is 9.34. The number of amidine groups is 2. The van der Waals surface area contributed by atoms with Gasteiger partial charge >= 0.3 is 0 Å². The standard InChI is InChI=1S/C69H49N5/c70-68(53-30-26-51(27-31-53)47-16-6-1-7-17-47)72-69(54-32-28-52(29-33-54)48-18-8-2-9-19-48)71-46-73-64-38-34-55(49-20-10-3-11-21-49)42-60(64)61-44-57(35-39-65(61)73)58-37-41-67-63(45-58)62-43-56(50-22-12-4-13-23-50)36-40-66(62)74(67)59-24-14-5-15-25-59/h1-45H,46H2,(H2,70,71,72). The molecule has 0 aliphatic rings. The number of fused-ring (bicyclic) bond motifs is 6. The van der Waals surface area contributed by atoms with Crippen LogP contribution in [0.2, 0.25) is 0 Å². The SMILES string of the molecule is N=C(N=C(NCn1c2ccc(-c3ccccc3)cc2c2cc(-c3ccc4c(c3)c3cc(-c5ccccc5)ccc3n4-c3ccccc3)ccc21)c1ccc(-c2ccccc2)cc1)c1ccc(-c2ccccc2)cc1. The number of para-hydroxylation sites is 1. The van der Waals surface area contributed by atoms with Crippen LogP contribution in [-0.2, 0) is 6.67 Å². The Morgan fingerprint density at radius 2 is 0.635 bits per heavy atom. The zero-order chi connectivity index (χ0) is 49.4. The number of hydrogen-bond acceptors (Lipinski definition) is 1. The molecule has 0 saturated carbocycles. The van der Waals surface area contributed by atoms with Gasteiger partial charge in [0.1, 0.15) is 5.84 Å². The smallest absolute Gasteiger partial charge is 0.154 e. The van der Waals surface area contributed by atoms with E-state index in [1.54, 1.807) is 0 Å². The van der Waals surface area contributed by atoms with Gasteiger partial charge in [-0.3, -0.25) is 5.41 Å². The van der Waals surface area contributed by atoms with E-state index in [0.717, 1.165) is 77.6 Å². The molecule has 0 aliphatic carbocycles. The molecule has 0 radical (unpaired) electrons. The van der Waals surface area contributed by atoms with Gasteiger partial charge in [0.25, 0.3) is 0 Å². The monoisotopic (exact) mass is 947 g/mol. The van der Waals surface area contributed by atoms with Crippen LogP contribution < -0.4 is 5.32 Å². The predicted octanol–water partition coefficient (Wildman–Crippen LogP) is 17.2. The van der Waals surface area contributed by atoms with Crippen LogP contribution in [0.1, 0.15) is 11.1 Å². The first-order chi connectivity index (χ1) is 36.6. The second-order valence-corrected chi connectivity index (χ2v) is 18.8. The Morgan fingerprint density at radius 3 is 1.05 bits per heavy atom. The van der Waals surface area contributed by atoms with Crippen molar-refractivity contribution in [2.45, 2.75) is 6.67 Å². The highest BCUT2D eigenvalue weighted by atomic mass is 15.2. The van der Waals surface area contributed by atoms with Crippen LogP contribution in [0.5, 0.6) is 0 Å². The van der Waals surface area contributed by atoms with Crippen LogP contribution in [0.3, 0.4) is 0 Å². The summed E-state index contributed by atoms with van der Waals surface area (Å²) in [6.07, 6.45) is 0. The first kappa shape index (κ1) is 44.1. The summed E-state index contributed by atoms with van der Waals surface area (Å²) in [6.45, 7) is 0.415. The summed E-state index contributed by atoms with van der Waals surface area (Å²) in [7, 11) is 0. The fourth-order valence-electron chi connectivity index (χ4n) is 10.6. The Labute approximate surface area is 430 Å². The Kier molecular flexibility index (Phi) is 11.4. The molecule has 5 nitrogen and oxygen atoms in total. The van der Waals surface area contributed by atoms with E-state index >= 15 is 0 Å². The minimum absolute atomic E-state index is 0.179. The average Bonchev–Trinajstić information content (AvgIpc) is 3.98. The van der Waals surface area contributed by atoms with Crippen LogP contribution in [0.4, 0.5) is 0 Å². The lowest BCUT2D eigenvalue weighted by Gasteiger charge is -2.15. The van der Waals surface area contributed by atoms with Gasteiger partial charge in [0.15, 0.2) is 5.84 Å². The van der Waals surface area contributed by atoms with Crippen molar-refractivity contribution in [3.05, 3.63) is 284 Å². The van der Waals surface area contributed by atoms with Crippen LogP contribution in [0, 0.1) is 5.41 Å². The van der Waals surface area contributed by atoms with E-state index in [4.69, 9.17) is 4.99 Å². The summed E-state index contributed by atoms with van der Waals surface area (Å²) in [5, 5.41) is 17.8. The van der Waals surface area contributed by atoms with E-state index in [9.17, 15) is 5.41 Å². The molecule has 0 fully saturated rings. The van der Waals surface area contributed by atoms with Crippen molar-refractivity contribution in [1.82, 2.24) is 14.5 Å². The molecule has 13 aromatic rings. The lowest BCUT2D eigenvalue weighted by Crippen LogP contribution is -2.28. The van der Waals surface area contributed by atoms with Crippen molar-refractivity contribution < 1.29 is 0 Å². The van der Waals surface area contributed by atoms with Gasteiger partial charge in [-0.15, -0.1) is 0 Å². The molecule has 11 aromatic carbocycles. The number of nitrogens with zero attached hydrogens (tertiary/aromatic N) is 3. The summed E-state index contributed by atoms with van der Waals surface area (Å²) in [4.78, 5) is 5.05. The zero-order valence-corrected chi connectivity index (χ0v) is 40.5. The normalized spacial score (nSPS) is 11.7. The molecule has 0 aliphatic heterocycles. The van der Waals surface area contributed by atoms with E-state index in [2.05, 4.69) is 251 Å². The zero-order valence-electron chi connectivity index (χ0n) is 40.5. The molecule has 74 heavy (non-hydrogen) atoms. The third kappa shape index (κ3) is 8.32. The number of aliphatic imine (C=N–C) groups is 1. The summed E-state index contributed by atoms with van der Waals surface area (Å²) in [6, 6.07) is 96.7. The molecule has 2 N–H and O–H groups in total. The molecule has 2 aromatic heterocycles. The molecule has 0 amide bonds. The van der Waals surface area contributed by atoms with Crippen LogP contribution >= 0.6 is 0 Å². The summed E-state index contributed by atoms with van der Waals surface area (Å²) in [5.74, 6) is 0.798. The van der Waals surface area contributed by atoms with E-state index in [1.165, 1.54) is 38.5 Å². The average molecular weight is 948 g/mol. The van der Waals surface area contributed by atoms with Crippen molar-refractivity contribution >= 4 is 55.3 Å². The molecule has 0 unspecified atom stereocenters. The van der Waals surface area contributed by atoms with Crippen molar-refractivity contribution in [1.29, 1.82) is 5.41 Å². The van der Waals surface area contributed by atoms with Gasteiger partial charge in [0, 0.05) is 38.4 Å². The molecule has 0 spiro atoms. The van der Waals surface area contributed by atoms with Gasteiger partial charge in [-0.05, 0) is 116 Å². The van der Waals surface area contributed by atoms with Crippen LogP contribution in [-0.4, -0.2) is 20.8 Å². The largest absolute Gasteiger partial charge is 0.352 e. The maximum absolute atomic E-state index is 9.34. The molecule has 0 bridgehead atoms. The van der Waals surface area contributed by atoms with Crippen molar-refractivity contribution in [3.8, 4) is 61.3 Å². The topological polar surface area (TPSA) is 58.1 Å². The Balaban J connectivity index is 0.917. The number of rotatable bonds is 10. The Bertz CT molecular complexity index is 4200. The van der Waals surface area contributed by atoms with Gasteiger partial charge in [-0.2, -0.15) is 0 Å². The van der Waals surface area contributed by atoms with E-state index in [0.29, 0.717) is 12.5 Å². The maximum Gasteiger partial charge on any atom is 0.154 e. The lowest BCUT2D eigenvalue weighted by molar-refractivity contribution is 0.710. The molecule has 0 saturated heterocycles. The minimum atomic E-state index is 0.179. The van der Waals surface area contributed by atoms with Gasteiger partial charge in [0.05, 0.1) is 28.7 Å². The van der Waals surface area contributed by atoms with E-state index in [1.807, 2.05) is 36.4 Å². The van der Waals surface area contributed by atoms with E-state index in [-0.39, 0.29) is 5.84 Å². The summed E-state index contributed by atoms with van der Waals surface area (Å²) in [5.41, 5.74) is 18.8. The fraction of sp³-hybridized carbons (Fsp3) is 0.0145. The van der Waals surface area contributed by atoms with E-state index < -0.39 is 0 Å². The Hall–Kier alpha value is -9.84. The van der Waals surface area contributed by atoms with Crippen molar-refractivity contribution in [2.75, 3.05) is 0 Å². The molecule has 5 heteroatoms. The first-order valence-corrected chi connectivity index (χ1v) is 25.1. The highest BCUT2D eigenvalue weighted by Gasteiger charge is 2.18. The van der Waals surface area contributed by atoms with Gasteiger partial charge in [-0.1, -0.05) is 212 Å². The summed E-state index contributed by atoms with van der Waals surface area (Å²) >= 11 is 0.